The first-order chi connectivity index (χ1) is 14.1. The van der Waals surface area contributed by atoms with E-state index in [4.69, 9.17) is 4.74 Å². The Bertz CT molecular complexity index is 760. The summed E-state index contributed by atoms with van der Waals surface area (Å²) in [6.45, 7) is 4.63. The quantitative estimate of drug-likeness (QED) is 0.479. The number of amides is 1. The molecule has 0 aromatic heterocycles. The summed E-state index contributed by atoms with van der Waals surface area (Å²) >= 11 is 0. The Morgan fingerprint density at radius 2 is 1.76 bits per heavy atom. The zero-order chi connectivity index (χ0) is 20.9. The lowest BCUT2D eigenvalue weighted by molar-refractivity contribution is -0.130. The summed E-state index contributed by atoms with van der Waals surface area (Å²) in [4.78, 5) is 18.6. The number of rotatable bonds is 10. The van der Waals surface area contributed by atoms with Crippen molar-refractivity contribution in [1.29, 1.82) is 0 Å². The molecule has 0 aliphatic carbocycles. The Labute approximate surface area is 174 Å². The van der Waals surface area contributed by atoms with Crippen molar-refractivity contribution in [2.75, 3.05) is 33.8 Å². The molecular formula is C23H32N4O2. The number of nitrogens with one attached hydrogen (secondary N) is 2. The number of methoxy groups -OCH3 is 1. The lowest BCUT2D eigenvalue weighted by Crippen LogP contribution is -2.38. The van der Waals surface area contributed by atoms with E-state index in [1.54, 1.807) is 12.0 Å². The van der Waals surface area contributed by atoms with Crippen molar-refractivity contribution in [1.82, 2.24) is 15.5 Å². The largest absolute Gasteiger partial charge is 0.497 e. The van der Waals surface area contributed by atoms with Crippen molar-refractivity contribution in [3.63, 3.8) is 0 Å². The van der Waals surface area contributed by atoms with Crippen LogP contribution < -0.4 is 15.4 Å². The standard InChI is InChI=1S/C23H32N4O2/c1-4-24-23(25-16-14-19-10-12-21(29-3)13-11-19)26-17-15-22(28)27(2)18-20-8-6-5-7-9-20/h5-13H,4,14-18H2,1-3H3,(H2,24,25,26). The Balaban J connectivity index is 1.76. The SMILES string of the molecule is CCNC(=NCCC(=O)N(C)Cc1ccccc1)NCCc1ccc(OC)cc1. The van der Waals surface area contributed by atoms with Gasteiger partial charge in [0.1, 0.15) is 5.75 Å². The van der Waals surface area contributed by atoms with Crippen LogP contribution in [0.3, 0.4) is 0 Å². The van der Waals surface area contributed by atoms with Gasteiger partial charge in [0.25, 0.3) is 0 Å². The molecule has 29 heavy (non-hydrogen) atoms. The van der Waals surface area contributed by atoms with Crippen molar-refractivity contribution < 1.29 is 9.53 Å². The van der Waals surface area contributed by atoms with Crippen LogP contribution in [0.25, 0.3) is 0 Å². The zero-order valence-corrected chi connectivity index (χ0v) is 17.6. The molecule has 2 rings (SSSR count). The highest BCUT2D eigenvalue weighted by atomic mass is 16.5. The summed E-state index contributed by atoms with van der Waals surface area (Å²) in [6, 6.07) is 18.0. The first kappa shape index (κ1) is 22.3. The number of ether oxygens (including phenoxy) is 1. The number of aliphatic imine (C=N–C) groups is 1. The summed E-state index contributed by atoms with van der Waals surface area (Å²) < 4.78 is 5.18. The van der Waals surface area contributed by atoms with Crippen LogP contribution in [0.2, 0.25) is 0 Å². The van der Waals surface area contributed by atoms with E-state index < -0.39 is 0 Å². The third-order valence-electron chi connectivity index (χ3n) is 4.49. The van der Waals surface area contributed by atoms with E-state index >= 15 is 0 Å². The monoisotopic (exact) mass is 396 g/mol. The fourth-order valence-electron chi connectivity index (χ4n) is 2.86. The van der Waals surface area contributed by atoms with Gasteiger partial charge < -0.3 is 20.3 Å². The zero-order valence-electron chi connectivity index (χ0n) is 17.6. The molecule has 0 saturated heterocycles. The van der Waals surface area contributed by atoms with Gasteiger partial charge in [-0.25, -0.2) is 0 Å². The average molecular weight is 397 g/mol. The van der Waals surface area contributed by atoms with Crippen LogP contribution in [-0.4, -0.2) is 50.6 Å². The van der Waals surface area contributed by atoms with Crippen LogP contribution in [0.4, 0.5) is 0 Å². The lowest BCUT2D eigenvalue weighted by Gasteiger charge is -2.17. The van der Waals surface area contributed by atoms with E-state index in [9.17, 15) is 4.79 Å². The van der Waals surface area contributed by atoms with Gasteiger partial charge in [-0.3, -0.25) is 9.79 Å². The smallest absolute Gasteiger partial charge is 0.224 e. The van der Waals surface area contributed by atoms with E-state index in [0.29, 0.717) is 19.5 Å². The molecule has 0 atom stereocenters. The van der Waals surface area contributed by atoms with Crippen LogP contribution in [0.1, 0.15) is 24.5 Å². The molecule has 2 aromatic rings. The van der Waals surface area contributed by atoms with E-state index in [-0.39, 0.29) is 5.91 Å². The topological polar surface area (TPSA) is 66.0 Å². The number of carbonyl (C=O) groups excluding carboxylic acids is 1. The maximum absolute atomic E-state index is 12.3. The number of carbonyl (C=O) groups is 1. The molecule has 6 nitrogen and oxygen atoms in total. The Kier molecular flexibility index (Phi) is 9.55. The minimum atomic E-state index is 0.0895. The molecule has 0 radical (unpaired) electrons. The fourth-order valence-corrected chi connectivity index (χ4v) is 2.86. The molecule has 0 spiro atoms. The summed E-state index contributed by atoms with van der Waals surface area (Å²) in [7, 11) is 3.50. The first-order valence-electron chi connectivity index (χ1n) is 10.1. The van der Waals surface area contributed by atoms with Gasteiger partial charge in [-0.1, -0.05) is 42.5 Å². The number of guanidine groups is 1. The minimum Gasteiger partial charge on any atom is -0.497 e. The maximum Gasteiger partial charge on any atom is 0.224 e. The second-order valence-corrected chi connectivity index (χ2v) is 6.77. The van der Waals surface area contributed by atoms with Crippen LogP contribution in [0, 0.1) is 0 Å². The summed E-state index contributed by atoms with van der Waals surface area (Å²) in [5.74, 6) is 1.68. The third-order valence-corrected chi connectivity index (χ3v) is 4.49. The Morgan fingerprint density at radius 1 is 1.03 bits per heavy atom. The van der Waals surface area contributed by atoms with E-state index in [0.717, 1.165) is 36.8 Å². The van der Waals surface area contributed by atoms with Gasteiger partial charge in [-0.05, 0) is 36.6 Å². The second kappa shape index (κ2) is 12.4. The number of hydrogen-bond acceptors (Lipinski definition) is 3. The van der Waals surface area contributed by atoms with Gasteiger partial charge in [0.2, 0.25) is 5.91 Å². The predicted molar refractivity (Wildman–Crippen MR) is 118 cm³/mol. The lowest BCUT2D eigenvalue weighted by atomic mass is 10.1. The van der Waals surface area contributed by atoms with E-state index in [2.05, 4.69) is 27.8 Å². The number of nitrogens with zero attached hydrogens (tertiary/aromatic N) is 2. The predicted octanol–water partition coefficient (Wildman–Crippen LogP) is 2.84. The van der Waals surface area contributed by atoms with Crippen LogP contribution >= 0.6 is 0 Å². The normalized spacial score (nSPS) is 11.1. The van der Waals surface area contributed by atoms with E-state index in [1.807, 2.05) is 56.4 Å². The molecule has 6 heteroatoms. The Hall–Kier alpha value is -3.02. The second-order valence-electron chi connectivity index (χ2n) is 6.77. The molecule has 0 bridgehead atoms. The van der Waals surface area contributed by atoms with Crippen molar-refractivity contribution >= 4 is 11.9 Å². The molecule has 0 fully saturated rings. The minimum absolute atomic E-state index is 0.0895. The van der Waals surface area contributed by atoms with E-state index in [1.165, 1.54) is 5.56 Å². The number of benzene rings is 2. The van der Waals surface area contributed by atoms with Gasteiger partial charge in [0.05, 0.1) is 13.7 Å². The average Bonchev–Trinajstić information content (AvgIpc) is 2.74. The van der Waals surface area contributed by atoms with Gasteiger partial charge >= 0.3 is 0 Å². The highest BCUT2D eigenvalue weighted by molar-refractivity contribution is 5.80. The maximum atomic E-state index is 12.3. The van der Waals surface area contributed by atoms with Gasteiger partial charge in [0.15, 0.2) is 5.96 Å². The molecule has 1 amide bonds. The molecule has 2 aromatic carbocycles. The van der Waals surface area contributed by atoms with Crippen molar-refractivity contribution in [3.05, 3.63) is 65.7 Å². The molecule has 156 valence electrons. The molecule has 2 N–H and O–H groups in total. The molecule has 0 heterocycles. The highest BCUT2D eigenvalue weighted by Gasteiger charge is 2.09. The third kappa shape index (κ3) is 8.25. The van der Waals surface area contributed by atoms with Gasteiger partial charge in [-0.2, -0.15) is 0 Å². The fraction of sp³-hybridized carbons (Fsp3) is 0.391. The van der Waals surface area contributed by atoms with Crippen molar-refractivity contribution in [2.24, 2.45) is 4.99 Å². The van der Waals surface area contributed by atoms with Crippen LogP contribution in [0.15, 0.2) is 59.6 Å². The van der Waals surface area contributed by atoms with Crippen molar-refractivity contribution in [2.45, 2.75) is 26.3 Å². The van der Waals surface area contributed by atoms with Gasteiger partial charge in [-0.15, -0.1) is 0 Å². The number of hydrogen-bond donors (Lipinski definition) is 2. The van der Waals surface area contributed by atoms with Crippen LogP contribution in [0.5, 0.6) is 5.75 Å². The summed E-state index contributed by atoms with van der Waals surface area (Å²) in [5.41, 5.74) is 2.35. The molecule has 0 aliphatic rings. The summed E-state index contributed by atoms with van der Waals surface area (Å²) in [6.07, 6.45) is 1.27. The first-order valence-corrected chi connectivity index (χ1v) is 10.1. The highest BCUT2D eigenvalue weighted by Crippen LogP contribution is 2.11. The molecular weight excluding hydrogens is 364 g/mol. The summed E-state index contributed by atoms with van der Waals surface area (Å²) in [5, 5.41) is 6.55. The van der Waals surface area contributed by atoms with Crippen LogP contribution in [-0.2, 0) is 17.8 Å². The Morgan fingerprint density at radius 3 is 2.41 bits per heavy atom. The van der Waals surface area contributed by atoms with Crippen molar-refractivity contribution in [3.8, 4) is 5.75 Å². The molecule has 0 unspecified atom stereocenters. The molecule has 0 saturated carbocycles. The molecule has 0 aliphatic heterocycles. The van der Waals surface area contributed by atoms with Gasteiger partial charge in [0, 0.05) is 33.1 Å².